The Morgan fingerprint density at radius 2 is 2.07 bits per heavy atom. The minimum Gasteiger partial charge on any atom is -0.367 e. The number of nitrogens with zero attached hydrogens (tertiary/aromatic N) is 1. The topological polar surface area (TPSA) is 52.0 Å². The van der Waals surface area contributed by atoms with E-state index in [9.17, 15) is 0 Å². The fraction of sp³-hybridized carbons (Fsp3) is 0.182. The van der Waals surface area contributed by atoms with Crippen LogP contribution in [0, 0.1) is 13.8 Å². The average molecular weight is 223 g/mol. The van der Waals surface area contributed by atoms with Crippen molar-refractivity contribution in [1.82, 2.24) is 5.16 Å². The number of aromatic nitrogens is 1. The minimum absolute atomic E-state index is 0.351. The van der Waals surface area contributed by atoms with Crippen LogP contribution in [0.3, 0.4) is 0 Å². The number of anilines is 1. The summed E-state index contributed by atoms with van der Waals surface area (Å²) in [6, 6.07) is 5.66. The van der Waals surface area contributed by atoms with Gasteiger partial charge in [0.2, 0.25) is 5.88 Å². The second-order valence-corrected chi connectivity index (χ2v) is 3.92. The van der Waals surface area contributed by atoms with Crippen LogP contribution in [0.5, 0.6) is 0 Å². The summed E-state index contributed by atoms with van der Waals surface area (Å²) in [5.41, 5.74) is 9.26. The predicted octanol–water partition coefficient (Wildman–Crippen LogP) is 3.19. The van der Waals surface area contributed by atoms with Crippen molar-refractivity contribution >= 4 is 17.5 Å². The molecule has 1 heterocycles. The molecule has 0 fully saturated rings. The standard InChI is InChI=1S/C11H11ClN2O/c1-6-3-4-8(12)5-9(6)10-7(2)11(13)15-14-10/h3-5H,13H2,1-2H3. The van der Waals surface area contributed by atoms with Gasteiger partial charge in [-0.1, -0.05) is 22.8 Å². The van der Waals surface area contributed by atoms with E-state index in [1.807, 2.05) is 32.0 Å². The molecule has 0 radical (unpaired) electrons. The van der Waals surface area contributed by atoms with Crippen molar-refractivity contribution in [2.75, 3.05) is 5.73 Å². The fourth-order valence-corrected chi connectivity index (χ4v) is 1.62. The monoisotopic (exact) mass is 222 g/mol. The highest BCUT2D eigenvalue weighted by molar-refractivity contribution is 6.30. The maximum atomic E-state index is 5.94. The van der Waals surface area contributed by atoms with Crippen LogP contribution in [0.2, 0.25) is 5.02 Å². The van der Waals surface area contributed by atoms with Crippen LogP contribution in [-0.2, 0) is 0 Å². The van der Waals surface area contributed by atoms with Crippen LogP contribution >= 0.6 is 11.6 Å². The molecule has 2 N–H and O–H groups in total. The zero-order chi connectivity index (χ0) is 11.0. The van der Waals surface area contributed by atoms with Crippen molar-refractivity contribution in [3.63, 3.8) is 0 Å². The number of nitrogen functional groups attached to an aromatic ring is 1. The molecule has 78 valence electrons. The number of rotatable bonds is 1. The van der Waals surface area contributed by atoms with E-state index in [1.165, 1.54) is 0 Å². The van der Waals surface area contributed by atoms with E-state index in [-0.39, 0.29) is 0 Å². The molecule has 3 nitrogen and oxygen atoms in total. The third-order valence-electron chi connectivity index (χ3n) is 2.41. The Labute approximate surface area is 92.8 Å². The summed E-state index contributed by atoms with van der Waals surface area (Å²) in [6.45, 7) is 3.87. The molecule has 0 saturated carbocycles. The number of benzene rings is 1. The first kappa shape index (κ1) is 10.1. The zero-order valence-electron chi connectivity index (χ0n) is 8.54. The first-order chi connectivity index (χ1) is 7.09. The van der Waals surface area contributed by atoms with E-state index < -0.39 is 0 Å². The van der Waals surface area contributed by atoms with E-state index in [4.69, 9.17) is 21.9 Å². The Kier molecular flexibility index (Phi) is 2.40. The molecule has 0 spiro atoms. The summed E-state index contributed by atoms with van der Waals surface area (Å²) in [4.78, 5) is 0. The summed E-state index contributed by atoms with van der Waals surface area (Å²) in [5.74, 6) is 0.351. The fourth-order valence-electron chi connectivity index (χ4n) is 1.45. The van der Waals surface area contributed by atoms with E-state index in [2.05, 4.69) is 5.16 Å². The number of halogens is 1. The largest absolute Gasteiger partial charge is 0.367 e. The van der Waals surface area contributed by atoms with Crippen molar-refractivity contribution < 1.29 is 4.52 Å². The molecule has 15 heavy (non-hydrogen) atoms. The lowest BCUT2D eigenvalue weighted by molar-refractivity contribution is 0.439. The van der Waals surface area contributed by atoms with Crippen molar-refractivity contribution in [3.05, 3.63) is 34.3 Å². The highest BCUT2D eigenvalue weighted by Crippen LogP contribution is 2.30. The van der Waals surface area contributed by atoms with Crippen molar-refractivity contribution in [1.29, 1.82) is 0 Å². The zero-order valence-corrected chi connectivity index (χ0v) is 9.30. The quantitative estimate of drug-likeness (QED) is 0.806. The molecule has 0 aliphatic rings. The van der Waals surface area contributed by atoms with Crippen LogP contribution in [0.1, 0.15) is 11.1 Å². The van der Waals surface area contributed by atoms with E-state index >= 15 is 0 Å². The lowest BCUT2D eigenvalue weighted by Crippen LogP contribution is -1.87. The average Bonchev–Trinajstić information content (AvgIpc) is 2.52. The Hall–Kier alpha value is -1.48. The van der Waals surface area contributed by atoms with Crippen molar-refractivity contribution in [2.24, 2.45) is 0 Å². The molecule has 0 aliphatic carbocycles. The maximum Gasteiger partial charge on any atom is 0.225 e. The van der Waals surface area contributed by atoms with E-state index in [0.717, 1.165) is 22.4 Å². The Morgan fingerprint density at radius 1 is 1.33 bits per heavy atom. The van der Waals surface area contributed by atoms with Gasteiger partial charge in [0.1, 0.15) is 5.69 Å². The van der Waals surface area contributed by atoms with Gasteiger partial charge in [-0.25, -0.2) is 0 Å². The van der Waals surface area contributed by atoms with Gasteiger partial charge in [0.05, 0.1) is 0 Å². The molecule has 0 atom stereocenters. The molecule has 0 bridgehead atoms. The molecule has 0 amide bonds. The van der Waals surface area contributed by atoms with Crippen molar-refractivity contribution in [3.8, 4) is 11.3 Å². The Balaban J connectivity index is 2.63. The molecule has 1 aromatic heterocycles. The Morgan fingerprint density at radius 3 is 2.67 bits per heavy atom. The van der Waals surface area contributed by atoms with Gasteiger partial charge in [-0.3, -0.25) is 0 Å². The summed E-state index contributed by atoms with van der Waals surface area (Å²) < 4.78 is 4.93. The molecular weight excluding hydrogens is 212 g/mol. The third kappa shape index (κ3) is 1.70. The molecule has 2 rings (SSSR count). The minimum atomic E-state index is 0.351. The van der Waals surface area contributed by atoms with E-state index in [1.54, 1.807) is 0 Å². The Bertz CT molecular complexity index is 505. The third-order valence-corrected chi connectivity index (χ3v) is 2.65. The van der Waals surface area contributed by atoms with Gasteiger partial charge in [-0.2, -0.15) is 0 Å². The van der Waals surface area contributed by atoms with Gasteiger partial charge in [-0.05, 0) is 31.5 Å². The smallest absolute Gasteiger partial charge is 0.225 e. The summed E-state index contributed by atoms with van der Waals surface area (Å²) in [5, 5.41) is 4.61. The second-order valence-electron chi connectivity index (χ2n) is 3.48. The second kappa shape index (κ2) is 3.59. The number of hydrogen-bond donors (Lipinski definition) is 1. The van der Waals surface area contributed by atoms with Gasteiger partial charge in [0.15, 0.2) is 0 Å². The van der Waals surface area contributed by atoms with E-state index in [0.29, 0.717) is 10.9 Å². The van der Waals surface area contributed by atoms with Crippen LogP contribution in [-0.4, -0.2) is 5.16 Å². The van der Waals surface area contributed by atoms with Crippen LogP contribution in [0.15, 0.2) is 22.7 Å². The molecule has 1 aromatic carbocycles. The SMILES string of the molecule is Cc1ccc(Cl)cc1-c1noc(N)c1C. The number of aryl methyl sites for hydroxylation is 1. The first-order valence-electron chi connectivity index (χ1n) is 4.58. The number of nitrogens with two attached hydrogens (primary N) is 1. The van der Waals surface area contributed by atoms with Crippen LogP contribution < -0.4 is 5.73 Å². The highest BCUT2D eigenvalue weighted by atomic mass is 35.5. The maximum absolute atomic E-state index is 5.94. The van der Waals surface area contributed by atoms with Gasteiger partial charge >= 0.3 is 0 Å². The summed E-state index contributed by atoms with van der Waals surface area (Å²) in [6.07, 6.45) is 0. The normalized spacial score (nSPS) is 10.6. The lowest BCUT2D eigenvalue weighted by atomic mass is 10.0. The molecule has 2 aromatic rings. The molecular formula is C11H11ClN2O. The van der Waals surface area contributed by atoms with Gasteiger partial charge in [0.25, 0.3) is 0 Å². The molecule has 4 heteroatoms. The lowest BCUT2D eigenvalue weighted by Gasteiger charge is -2.03. The summed E-state index contributed by atoms with van der Waals surface area (Å²) >= 11 is 5.94. The molecule has 0 saturated heterocycles. The van der Waals surface area contributed by atoms with Crippen molar-refractivity contribution in [2.45, 2.75) is 13.8 Å². The van der Waals surface area contributed by atoms with Crippen LogP contribution in [0.25, 0.3) is 11.3 Å². The molecule has 0 unspecified atom stereocenters. The van der Waals surface area contributed by atoms with Gasteiger partial charge in [0, 0.05) is 16.1 Å². The highest BCUT2D eigenvalue weighted by Gasteiger charge is 2.13. The number of hydrogen-bond acceptors (Lipinski definition) is 3. The summed E-state index contributed by atoms with van der Waals surface area (Å²) in [7, 11) is 0. The van der Waals surface area contributed by atoms with Crippen LogP contribution in [0.4, 0.5) is 5.88 Å². The van der Waals surface area contributed by atoms with Gasteiger partial charge in [-0.15, -0.1) is 0 Å². The molecule has 0 aliphatic heterocycles. The predicted molar refractivity (Wildman–Crippen MR) is 60.8 cm³/mol. The first-order valence-corrected chi connectivity index (χ1v) is 4.95. The van der Waals surface area contributed by atoms with Gasteiger partial charge < -0.3 is 10.3 Å².